The smallest absolute Gasteiger partial charge is 0.139 e. The van der Waals surface area contributed by atoms with Crippen LogP contribution in [0.25, 0.3) is 0 Å². The predicted molar refractivity (Wildman–Crippen MR) is 116 cm³/mol. The number of anilines is 1. The Hall–Kier alpha value is -1.49. The number of nitrogens with one attached hydrogen (secondary N) is 1. The highest BCUT2D eigenvalue weighted by Gasteiger charge is 2.11. The maximum absolute atomic E-state index is 6.11. The lowest BCUT2D eigenvalue weighted by Crippen LogP contribution is -2.04. The lowest BCUT2D eigenvalue weighted by molar-refractivity contribution is 0.301. The van der Waals surface area contributed by atoms with Crippen molar-refractivity contribution in [1.82, 2.24) is 0 Å². The molecule has 0 radical (unpaired) electrons. The second-order valence-electron chi connectivity index (χ2n) is 6.01. The Balaban J connectivity index is 1.76. The number of hydrogen-bond donors (Lipinski definition) is 1. The maximum atomic E-state index is 6.11. The number of aryl methyl sites for hydroxylation is 1. The summed E-state index contributed by atoms with van der Waals surface area (Å²) < 4.78 is 8.02. The Morgan fingerprint density at radius 1 is 1.00 bits per heavy atom. The lowest BCUT2D eigenvalue weighted by Gasteiger charge is -2.16. The largest absolute Gasteiger partial charge is 0.487 e. The van der Waals surface area contributed by atoms with Crippen LogP contribution in [0.4, 0.5) is 5.69 Å². The van der Waals surface area contributed by atoms with Gasteiger partial charge >= 0.3 is 0 Å². The highest BCUT2D eigenvalue weighted by molar-refractivity contribution is 9.11. The van der Waals surface area contributed by atoms with Gasteiger partial charge in [0.25, 0.3) is 0 Å². The van der Waals surface area contributed by atoms with Crippen LogP contribution in [-0.4, -0.2) is 0 Å². The molecule has 134 valence electrons. The summed E-state index contributed by atoms with van der Waals surface area (Å²) in [5, 5.41) is 4.16. The third-order valence-corrected chi connectivity index (χ3v) is 5.17. The first-order chi connectivity index (χ1) is 12.5. The number of rotatable bonds is 6. The summed E-state index contributed by atoms with van der Waals surface area (Å²) in [5.41, 5.74) is 4.41. The molecular weight excluding hydrogens is 477 g/mol. The van der Waals surface area contributed by atoms with Crippen molar-refractivity contribution in [3.8, 4) is 5.75 Å². The standard InChI is InChI=1S/C21H18Br2ClNO/c1-14-5-7-19(8-6-14)25-12-16-10-17(22)11-20(23)21(16)26-13-15-3-2-4-18(24)9-15/h2-11,25H,12-13H2,1H3. The van der Waals surface area contributed by atoms with Gasteiger partial charge in [0.2, 0.25) is 0 Å². The van der Waals surface area contributed by atoms with Gasteiger partial charge in [-0.25, -0.2) is 0 Å². The molecule has 0 spiro atoms. The number of benzene rings is 3. The monoisotopic (exact) mass is 493 g/mol. The van der Waals surface area contributed by atoms with Gasteiger partial charge in [-0.1, -0.05) is 57.4 Å². The Bertz CT molecular complexity index is 897. The van der Waals surface area contributed by atoms with E-state index in [2.05, 4.69) is 74.4 Å². The SMILES string of the molecule is Cc1ccc(NCc2cc(Br)cc(Br)c2OCc2cccc(Cl)c2)cc1. The molecule has 0 aliphatic rings. The molecule has 0 saturated heterocycles. The van der Waals surface area contributed by atoms with E-state index in [1.165, 1.54) is 5.56 Å². The summed E-state index contributed by atoms with van der Waals surface area (Å²) in [6, 6.07) is 20.1. The third-order valence-electron chi connectivity index (χ3n) is 3.89. The van der Waals surface area contributed by atoms with E-state index < -0.39 is 0 Å². The zero-order valence-electron chi connectivity index (χ0n) is 14.2. The van der Waals surface area contributed by atoms with Crippen LogP contribution in [0.3, 0.4) is 0 Å². The van der Waals surface area contributed by atoms with Crippen LogP contribution in [-0.2, 0) is 13.2 Å². The van der Waals surface area contributed by atoms with Gasteiger partial charge in [0.05, 0.1) is 4.47 Å². The summed E-state index contributed by atoms with van der Waals surface area (Å²) in [5.74, 6) is 0.827. The Labute approximate surface area is 175 Å². The number of ether oxygens (including phenoxy) is 1. The molecule has 0 bridgehead atoms. The van der Waals surface area contributed by atoms with Gasteiger partial charge in [-0.15, -0.1) is 0 Å². The predicted octanol–water partition coefficient (Wildman–Crippen LogP) is 7.36. The molecule has 0 unspecified atom stereocenters. The summed E-state index contributed by atoms with van der Waals surface area (Å²) >= 11 is 13.2. The van der Waals surface area contributed by atoms with Crippen LogP contribution < -0.4 is 10.1 Å². The quantitative estimate of drug-likeness (QED) is 0.386. The average Bonchev–Trinajstić information content (AvgIpc) is 2.60. The molecule has 0 saturated carbocycles. The van der Waals surface area contributed by atoms with Crippen molar-refractivity contribution < 1.29 is 4.74 Å². The number of halogens is 3. The van der Waals surface area contributed by atoms with E-state index in [9.17, 15) is 0 Å². The minimum atomic E-state index is 0.457. The van der Waals surface area contributed by atoms with Crippen molar-refractivity contribution in [2.24, 2.45) is 0 Å². The van der Waals surface area contributed by atoms with Crippen molar-refractivity contribution in [2.75, 3.05) is 5.32 Å². The molecule has 1 N–H and O–H groups in total. The van der Waals surface area contributed by atoms with Crippen molar-refractivity contribution >= 4 is 49.1 Å². The second-order valence-corrected chi connectivity index (χ2v) is 8.22. The number of hydrogen-bond acceptors (Lipinski definition) is 2. The highest BCUT2D eigenvalue weighted by atomic mass is 79.9. The van der Waals surface area contributed by atoms with Gasteiger partial charge in [-0.2, -0.15) is 0 Å². The fourth-order valence-corrected chi connectivity index (χ4v) is 4.20. The molecule has 0 atom stereocenters. The van der Waals surface area contributed by atoms with E-state index in [4.69, 9.17) is 16.3 Å². The molecular formula is C21H18Br2ClNO. The summed E-state index contributed by atoms with van der Waals surface area (Å²) in [4.78, 5) is 0. The zero-order valence-corrected chi connectivity index (χ0v) is 18.2. The van der Waals surface area contributed by atoms with E-state index in [-0.39, 0.29) is 0 Å². The Morgan fingerprint density at radius 3 is 2.50 bits per heavy atom. The minimum Gasteiger partial charge on any atom is -0.487 e. The van der Waals surface area contributed by atoms with Crippen molar-refractivity contribution in [3.05, 3.63) is 91.3 Å². The van der Waals surface area contributed by atoms with Gasteiger partial charge in [-0.05, 0) is 64.8 Å². The summed E-state index contributed by atoms with van der Waals surface area (Å²) in [6.07, 6.45) is 0. The molecule has 3 rings (SSSR count). The first-order valence-corrected chi connectivity index (χ1v) is 10.1. The molecule has 0 aliphatic carbocycles. The molecule has 0 aromatic heterocycles. The van der Waals surface area contributed by atoms with Crippen LogP contribution in [0.1, 0.15) is 16.7 Å². The zero-order chi connectivity index (χ0) is 18.5. The van der Waals surface area contributed by atoms with E-state index in [1.807, 2.05) is 30.3 Å². The van der Waals surface area contributed by atoms with Gasteiger partial charge < -0.3 is 10.1 Å². The van der Waals surface area contributed by atoms with Crippen LogP contribution in [0.15, 0.2) is 69.6 Å². The van der Waals surface area contributed by atoms with Crippen LogP contribution in [0, 0.1) is 6.92 Å². The molecule has 0 fully saturated rings. The average molecular weight is 496 g/mol. The van der Waals surface area contributed by atoms with E-state index in [0.717, 1.165) is 31.5 Å². The van der Waals surface area contributed by atoms with Gasteiger partial charge in [0.15, 0.2) is 0 Å². The van der Waals surface area contributed by atoms with Crippen LogP contribution >= 0.6 is 43.5 Å². The van der Waals surface area contributed by atoms with Gasteiger partial charge in [0, 0.05) is 27.3 Å². The second kappa shape index (κ2) is 8.94. The molecule has 0 aliphatic heterocycles. The molecule has 3 aromatic rings. The van der Waals surface area contributed by atoms with Crippen molar-refractivity contribution in [1.29, 1.82) is 0 Å². The molecule has 5 heteroatoms. The Kier molecular flexibility index (Phi) is 6.63. The molecule has 3 aromatic carbocycles. The first-order valence-electron chi connectivity index (χ1n) is 8.17. The minimum absolute atomic E-state index is 0.457. The highest BCUT2D eigenvalue weighted by Crippen LogP contribution is 2.34. The summed E-state index contributed by atoms with van der Waals surface area (Å²) in [6.45, 7) is 3.20. The first kappa shape index (κ1) is 19.3. The van der Waals surface area contributed by atoms with Crippen molar-refractivity contribution in [2.45, 2.75) is 20.1 Å². The fourth-order valence-electron chi connectivity index (χ4n) is 2.56. The van der Waals surface area contributed by atoms with E-state index >= 15 is 0 Å². The normalized spacial score (nSPS) is 10.6. The van der Waals surface area contributed by atoms with Crippen LogP contribution in [0.5, 0.6) is 5.75 Å². The molecule has 0 amide bonds. The molecule has 2 nitrogen and oxygen atoms in total. The van der Waals surface area contributed by atoms with E-state index in [0.29, 0.717) is 18.2 Å². The molecule has 26 heavy (non-hydrogen) atoms. The molecule has 0 heterocycles. The summed E-state index contributed by atoms with van der Waals surface area (Å²) in [7, 11) is 0. The maximum Gasteiger partial charge on any atom is 0.139 e. The van der Waals surface area contributed by atoms with Crippen molar-refractivity contribution in [3.63, 3.8) is 0 Å². The van der Waals surface area contributed by atoms with Crippen LogP contribution in [0.2, 0.25) is 5.02 Å². The fraction of sp³-hybridized carbons (Fsp3) is 0.143. The van der Waals surface area contributed by atoms with E-state index in [1.54, 1.807) is 0 Å². The topological polar surface area (TPSA) is 21.3 Å². The van der Waals surface area contributed by atoms with Gasteiger partial charge in [-0.3, -0.25) is 0 Å². The Morgan fingerprint density at radius 2 is 1.77 bits per heavy atom. The third kappa shape index (κ3) is 5.26. The lowest BCUT2D eigenvalue weighted by atomic mass is 10.1. The van der Waals surface area contributed by atoms with Gasteiger partial charge in [0.1, 0.15) is 12.4 Å².